The second kappa shape index (κ2) is 9.21. The second-order valence-electron chi connectivity index (χ2n) is 5.64. The Bertz CT molecular complexity index is 506. The van der Waals surface area contributed by atoms with Gasteiger partial charge in [0.2, 0.25) is 0 Å². The maximum atomic E-state index is 12.1. The number of amides is 1. The van der Waals surface area contributed by atoms with Gasteiger partial charge >= 0.3 is 0 Å². The van der Waals surface area contributed by atoms with E-state index in [4.69, 9.17) is 11.6 Å². The number of nitrogens with zero attached hydrogens (tertiary/aromatic N) is 1. The Morgan fingerprint density at radius 1 is 1.14 bits per heavy atom. The molecule has 0 bridgehead atoms. The molecule has 120 valence electrons. The predicted molar refractivity (Wildman–Crippen MR) is 94.7 cm³/mol. The minimum atomic E-state index is -0.181. The van der Waals surface area contributed by atoms with Crippen LogP contribution in [0.4, 0.5) is 0 Å². The molecule has 1 aromatic carbocycles. The van der Waals surface area contributed by atoms with Gasteiger partial charge in [0, 0.05) is 15.6 Å². The molecule has 0 spiro atoms. The maximum Gasteiger partial charge on any atom is 0.253 e. The number of rotatable bonds is 4. The van der Waals surface area contributed by atoms with E-state index in [-0.39, 0.29) is 11.2 Å². The molecule has 0 aromatic heterocycles. The number of carbonyl (C=O) groups is 1. The van der Waals surface area contributed by atoms with Crippen LogP contribution < -0.4 is 5.43 Å². The predicted octanol–water partition coefficient (Wildman–Crippen LogP) is 5.04. The lowest BCUT2D eigenvalue weighted by Gasteiger charge is -2.13. The molecule has 0 heterocycles. The van der Waals surface area contributed by atoms with Gasteiger partial charge in [0.15, 0.2) is 0 Å². The van der Waals surface area contributed by atoms with Gasteiger partial charge in [-0.2, -0.15) is 5.10 Å². The first kappa shape index (κ1) is 17.4. The van der Waals surface area contributed by atoms with Crippen molar-refractivity contribution in [3.63, 3.8) is 0 Å². The minimum Gasteiger partial charge on any atom is -0.272 e. The molecule has 3 nitrogen and oxygen atoms in total. The summed E-state index contributed by atoms with van der Waals surface area (Å²) in [4.78, 5) is 13.2. The minimum absolute atomic E-state index is 0.0468. The van der Waals surface area contributed by atoms with Crippen molar-refractivity contribution >= 4 is 35.0 Å². The van der Waals surface area contributed by atoms with Crippen LogP contribution in [-0.2, 0) is 4.79 Å². The Hall–Kier alpha value is -1.00. The van der Waals surface area contributed by atoms with Crippen molar-refractivity contribution in [3.8, 4) is 0 Å². The van der Waals surface area contributed by atoms with E-state index in [1.165, 1.54) is 43.9 Å². The second-order valence-corrected chi connectivity index (χ2v) is 7.49. The van der Waals surface area contributed by atoms with Crippen LogP contribution in [0.3, 0.4) is 0 Å². The topological polar surface area (TPSA) is 41.5 Å². The van der Waals surface area contributed by atoms with Crippen LogP contribution >= 0.6 is 23.4 Å². The Morgan fingerprint density at radius 3 is 2.36 bits per heavy atom. The highest BCUT2D eigenvalue weighted by molar-refractivity contribution is 8.00. The Morgan fingerprint density at radius 2 is 1.73 bits per heavy atom. The molecule has 1 amide bonds. The van der Waals surface area contributed by atoms with Crippen LogP contribution in [-0.4, -0.2) is 16.9 Å². The average molecular weight is 339 g/mol. The summed E-state index contributed by atoms with van der Waals surface area (Å²) in [5, 5.41) is 4.87. The van der Waals surface area contributed by atoms with E-state index in [0.717, 1.165) is 23.4 Å². The molecule has 0 radical (unpaired) electrons. The molecule has 0 saturated heterocycles. The van der Waals surface area contributed by atoms with Crippen molar-refractivity contribution in [2.45, 2.75) is 62.0 Å². The van der Waals surface area contributed by atoms with Crippen LogP contribution in [0, 0.1) is 0 Å². The van der Waals surface area contributed by atoms with Gasteiger partial charge in [-0.15, -0.1) is 11.8 Å². The van der Waals surface area contributed by atoms with Gasteiger partial charge in [-0.3, -0.25) is 4.79 Å². The molecular formula is C17H23ClN2OS. The fourth-order valence-corrected chi connectivity index (χ4v) is 3.41. The lowest BCUT2D eigenvalue weighted by atomic mass is 9.99. The summed E-state index contributed by atoms with van der Waals surface area (Å²) < 4.78 is 0. The molecule has 5 heteroatoms. The van der Waals surface area contributed by atoms with E-state index >= 15 is 0 Å². The molecule has 1 aromatic rings. The third-order valence-corrected chi connectivity index (χ3v) is 5.11. The summed E-state index contributed by atoms with van der Waals surface area (Å²) in [7, 11) is 0. The lowest BCUT2D eigenvalue weighted by Crippen LogP contribution is -2.28. The molecule has 22 heavy (non-hydrogen) atoms. The first-order valence-electron chi connectivity index (χ1n) is 7.92. The Labute approximate surface area is 141 Å². The molecule has 1 fully saturated rings. The molecular weight excluding hydrogens is 316 g/mol. The first-order valence-corrected chi connectivity index (χ1v) is 9.18. The van der Waals surface area contributed by atoms with Gasteiger partial charge in [-0.1, -0.05) is 30.9 Å². The van der Waals surface area contributed by atoms with E-state index in [2.05, 4.69) is 10.5 Å². The van der Waals surface area contributed by atoms with Crippen molar-refractivity contribution in [1.82, 2.24) is 5.43 Å². The standard InChI is InChI=1S/C17H23ClN2OS/c1-13(22-16-11-9-14(18)10-12-16)17(21)20-19-15-7-5-3-2-4-6-8-15/h9-13H,2-8H2,1H3,(H,20,21)/t13-/m0/s1. The normalized spacial score (nSPS) is 17.3. The number of halogens is 1. The van der Waals surface area contributed by atoms with Gasteiger partial charge < -0.3 is 0 Å². The Kier molecular flexibility index (Phi) is 7.26. The van der Waals surface area contributed by atoms with Crippen molar-refractivity contribution in [2.24, 2.45) is 5.10 Å². The number of hydrogen-bond donors (Lipinski definition) is 1. The third kappa shape index (κ3) is 6.01. The third-order valence-electron chi connectivity index (χ3n) is 3.75. The monoisotopic (exact) mass is 338 g/mol. The number of hydrazone groups is 1. The summed E-state index contributed by atoms with van der Waals surface area (Å²) in [5.41, 5.74) is 3.87. The fraction of sp³-hybridized carbons (Fsp3) is 0.529. The van der Waals surface area contributed by atoms with E-state index < -0.39 is 0 Å². The summed E-state index contributed by atoms with van der Waals surface area (Å²) in [5.74, 6) is -0.0468. The summed E-state index contributed by atoms with van der Waals surface area (Å²) in [6, 6.07) is 7.53. The highest BCUT2D eigenvalue weighted by Crippen LogP contribution is 2.24. The smallest absolute Gasteiger partial charge is 0.253 e. The number of benzene rings is 1. The quantitative estimate of drug-likeness (QED) is 0.617. The van der Waals surface area contributed by atoms with E-state index in [1.807, 2.05) is 31.2 Å². The Balaban J connectivity index is 1.83. The zero-order valence-electron chi connectivity index (χ0n) is 13.0. The molecule has 1 N–H and O–H groups in total. The molecule has 0 aliphatic heterocycles. The largest absolute Gasteiger partial charge is 0.272 e. The number of hydrogen-bond acceptors (Lipinski definition) is 3. The summed E-state index contributed by atoms with van der Waals surface area (Å²) in [6.07, 6.45) is 8.27. The van der Waals surface area contributed by atoms with Crippen molar-refractivity contribution in [2.75, 3.05) is 0 Å². The maximum absolute atomic E-state index is 12.1. The van der Waals surface area contributed by atoms with Crippen molar-refractivity contribution in [1.29, 1.82) is 0 Å². The van der Waals surface area contributed by atoms with Crippen LogP contribution in [0.5, 0.6) is 0 Å². The zero-order chi connectivity index (χ0) is 15.8. The molecule has 1 aliphatic carbocycles. The van der Waals surface area contributed by atoms with E-state index in [1.54, 1.807) is 0 Å². The zero-order valence-corrected chi connectivity index (χ0v) is 14.6. The van der Waals surface area contributed by atoms with Crippen molar-refractivity contribution in [3.05, 3.63) is 29.3 Å². The SMILES string of the molecule is C[C@H](Sc1ccc(Cl)cc1)C(=O)NN=C1CCCCCCC1. The fourth-order valence-electron chi connectivity index (χ4n) is 2.42. The molecule has 0 unspecified atom stereocenters. The molecule has 2 rings (SSSR count). The van der Waals surface area contributed by atoms with Crippen LogP contribution in [0.15, 0.2) is 34.3 Å². The van der Waals surface area contributed by atoms with E-state index in [0.29, 0.717) is 5.02 Å². The summed E-state index contributed by atoms with van der Waals surface area (Å²) in [6.45, 7) is 1.90. The molecule has 1 saturated carbocycles. The number of carbonyl (C=O) groups excluding carboxylic acids is 1. The summed E-state index contributed by atoms with van der Waals surface area (Å²) >= 11 is 7.38. The average Bonchev–Trinajstić information content (AvgIpc) is 2.48. The van der Waals surface area contributed by atoms with E-state index in [9.17, 15) is 4.79 Å². The van der Waals surface area contributed by atoms with Crippen molar-refractivity contribution < 1.29 is 4.79 Å². The first-order chi connectivity index (χ1) is 10.6. The van der Waals surface area contributed by atoms with Crippen LogP contribution in [0.1, 0.15) is 51.9 Å². The van der Waals surface area contributed by atoms with Gasteiger partial charge in [0.25, 0.3) is 5.91 Å². The van der Waals surface area contributed by atoms with Gasteiger partial charge in [0.05, 0.1) is 5.25 Å². The highest BCUT2D eigenvalue weighted by atomic mass is 35.5. The highest BCUT2D eigenvalue weighted by Gasteiger charge is 2.14. The molecule has 1 atom stereocenters. The van der Waals surface area contributed by atoms with Crippen LogP contribution in [0.2, 0.25) is 5.02 Å². The number of thioether (sulfide) groups is 1. The number of nitrogens with one attached hydrogen (secondary N) is 1. The van der Waals surface area contributed by atoms with Crippen LogP contribution in [0.25, 0.3) is 0 Å². The van der Waals surface area contributed by atoms with Gasteiger partial charge in [0.1, 0.15) is 0 Å². The lowest BCUT2D eigenvalue weighted by molar-refractivity contribution is -0.120. The van der Waals surface area contributed by atoms with Gasteiger partial charge in [-0.25, -0.2) is 5.43 Å². The molecule has 1 aliphatic rings. The van der Waals surface area contributed by atoms with Gasteiger partial charge in [-0.05, 0) is 56.9 Å².